The number of anilines is 1. The summed E-state index contributed by atoms with van der Waals surface area (Å²) in [6, 6.07) is 16.8. The summed E-state index contributed by atoms with van der Waals surface area (Å²) in [5, 5.41) is 5.25. The zero-order valence-electron chi connectivity index (χ0n) is 16.8. The number of fused-ring (bicyclic) bond motifs is 1. The van der Waals surface area contributed by atoms with E-state index in [4.69, 9.17) is 26.4 Å². The number of nitrogens with one attached hydrogen (secondary N) is 1. The van der Waals surface area contributed by atoms with Crippen molar-refractivity contribution >= 4 is 45.8 Å². The average Bonchev–Trinajstić information content (AvgIpc) is 3.06. The number of amides is 1. The van der Waals surface area contributed by atoms with Crippen molar-refractivity contribution in [3.8, 4) is 17.2 Å². The molecule has 1 amide bonds. The number of carbonyl (C=O) groups is 1. The van der Waals surface area contributed by atoms with Crippen molar-refractivity contribution in [2.75, 3.05) is 26.2 Å². The number of methoxy groups -OCH3 is 3. The van der Waals surface area contributed by atoms with Crippen molar-refractivity contribution in [3.05, 3.63) is 65.9 Å². The summed E-state index contributed by atoms with van der Waals surface area (Å²) in [5.41, 5.74) is 1.79. The molecule has 0 spiro atoms. The lowest BCUT2D eigenvalue weighted by Crippen LogP contribution is -2.30. The molecule has 30 heavy (non-hydrogen) atoms. The van der Waals surface area contributed by atoms with Gasteiger partial charge in [0, 0.05) is 5.56 Å². The third-order valence-corrected chi connectivity index (χ3v) is 5.23. The number of ether oxygens (including phenoxy) is 3. The van der Waals surface area contributed by atoms with Crippen LogP contribution in [0.2, 0.25) is 0 Å². The molecule has 1 fully saturated rings. The van der Waals surface area contributed by atoms with Gasteiger partial charge in [-0.25, -0.2) is 0 Å². The van der Waals surface area contributed by atoms with Crippen LogP contribution in [0.15, 0.2) is 60.3 Å². The molecule has 0 atom stereocenters. The monoisotopic (exact) mass is 420 g/mol. The van der Waals surface area contributed by atoms with Gasteiger partial charge in [0.2, 0.25) is 0 Å². The third-order valence-electron chi connectivity index (χ3n) is 4.95. The molecule has 0 unspecified atom stereocenters. The molecule has 0 bridgehead atoms. The van der Waals surface area contributed by atoms with Crippen molar-refractivity contribution in [1.29, 1.82) is 0 Å². The highest BCUT2D eigenvalue weighted by molar-refractivity contribution is 7.80. The van der Waals surface area contributed by atoms with Gasteiger partial charge in [-0.15, -0.1) is 0 Å². The SMILES string of the molecule is COc1ccc(N2C(=O)/C(=C/c3c(OC)ccc4ccc(OC)cc34)NC2=S)cc1. The minimum atomic E-state index is -0.243. The molecule has 0 radical (unpaired) electrons. The second-order valence-electron chi connectivity index (χ2n) is 6.60. The van der Waals surface area contributed by atoms with Crippen molar-refractivity contribution in [2.45, 2.75) is 0 Å². The smallest absolute Gasteiger partial charge is 0.281 e. The molecule has 0 aromatic heterocycles. The molecule has 1 aliphatic rings. The van der Waals surface area contributed by atoms with E-state index < -0.39 is 0 Å². The van der Waals surface area contributed by atoms with Crippen molar-refractivity contribution in [3.63, 3.8) is 0 Å². The second kappa shape index (κ2) is 8.04. The van der Waals surface area contributed by atoms with Crippen LogP contribution in [0.4, 0.5) is 5.69 Å². The van der Waals surface area contributed by atoms with Crippen LogP contribution < -0.4 is 24.4 Å². The van der Waals surface area contributed by atoms with Crippen LogP contribution >= 0.6 is 12.2 Å². The Balaban J connectivity index is 1.78. The predicted octanol–water partition coefficient (Wildman–Crippen LogP) is 4.13. The van der Waals surface area contributed by atoms with Crippen LogP contribution in [0.3, 0.4) is 0 Å². The summed E-state index contributed by atoms with van der Waals surface area (Å²) in [6.07, 6.45) is 1.76. The van der Waals surface area contributed by atoms with Gasteiger partial charge in [0.15, 0.2) is 5.11 Å². The van der Waals surface area contributed by atoms with Crippen LogP contribution in [0, 0.1) is 0 Å². The van der Waals surface area contributed by atoms with E-state index in [0.717, 1.165) is 22.1 Å². The fraction of sp³-hybridized carbons (Fsp3) is 0.130. The van der Waals surface area contributed by atoms with E-state index in [-0.39, 0.29) is 5.91 Å². The molecule has 4 rings (SSSR count). The third kappa shape index (κ3) is 3.44. The van der Waals surface area contributed by atoms with E-state index in [0.29, 0.717) is 28.0 Å². The van der Waals surface area contributed by atoms with Crippen molar-refractivity contribution in [1.82, 2.24) is 5.32 Å². The van der Waals surface area contributed by atoms with E-state index >= 15 is 0 Å². The van der Waals surface area contributed by atoms with Crippen LogP contribution in [-0.2, 0) is 4.79 Å². The molecular weight excluding hydrogens is 400 g/mol. The average molecular weight is 420 g/mol. The molecule has 3 aromatic rings. The lowest BCUT2D eigenvalue weighted by molar-refractivity contribution is -0.113. The molecule has 0 aliphatic carbocycles. The molecular formula is C23H20N2O4S. The quantitative estimate of drug-likeness (QED) is 0.495. The fourth-order valence-corrected chi connectivity index (χ4v) is 3.70. The van der Waals surface area contributed by atoms with Crippen molar-refractivity contribution < 1.29 is 19.0 Å². The minimum absolute atomic E-state index is 0.243. The van der Waals surface area contributed by atoms with Gasteiger partial charge < -0.3 is 19.5 Å². The highest BCUT2D eigenvalue weighted by atomic mass is 32.1. The fourth-order valence-electron chi connectivity index (χ4n) is 3.40. The molecule has 1 saturated heterocycles. The van der Waals surface area contributed by atoms with Crippen LogP contribution in [0.5, 0.6) is 17.2 Å². The van der Waals surface area contributed by atoms with Gasteiger partial charge in [-0.2, -0.15) is 0 Å². The van der Waals surface area contributed by atoms with E-state index in [1.165, 1.54) is 4.90 Å². The maximum atomic E-state index is 13.1. The van der Waals surface area contributed by atoms with Gasteiger partial charge >= 0.3 is 0 Å². The first-order valence-electron chi connectivity index (χ1n) is 9.21. The summed E-state index contributed by atoms with van der Waals surface area (Å²) in [5.74, 6) is 1.82. The summed E-state index contributed by atoms with van der Waals surface area (Å²) < 4.78 is 16.1. The zero-order chi connectivity index (χ0) is 21.3. The van der Waals surface area contributed by atoms with E-state index in [1.54, 1.807) is 51.7 Å². The molecule has 1 heterocycles. The number of hydrogen-bond acceptors (Lipinski definition) is 5. The Morgan fingerprint density at radius 2 is 1.57 bits per heavy atom. The molecule has 1 aliphatic heterocycles. The van der Waals surface area contributed by atoms with Gasteiger partial charge in [-0.05, 0) is 71.5 Å². The van der Waals surface area contributed by atoms with Crippen LogP contribution in [0.25, 0.3) is 16.8 Å². The number of thiocarbonyl (C=S) groups is 1. The standard InChI is InChI=1S/C23H20N2O4S/c1-27-16-9-6-15(7-10-16)25-22(26)20(24-23(25)30)13-19-18-12-17(28-2)8-4-14(18)5-11-21(19)29-3/h4-13H,1-3H3,(H,24,30)/b20-13-. The van der Waals surface area contributed by atoms with Gasteiger partial charge in [-0.1, -0.05) is 12.1 Å². The Labute approximate surface area is 179 Å². The first-order chi connectivity index (χ1) is 14.5. The predicted molar refractivity (Wildman–Crippen MR) is 121 cm³/mol. The molecule has 7 heteroatoms. The van der Waals surface area contributed by atoms with E-state index in [2.05, 4.69) is 5.32 Å². The normalized spacial score (nSPS) is 14.9. The van der Waals surface area contributed by atoms with Gasteiger partial charge in [0.25, 0.3) is 5.91 Å². The van der Waals surface area contributed by atoms with Crippen LogP contribution in [-0.4, -0.2) is 32.3 Å². The Morgan fingerprint density at radius 1 is 0.900 bits per heavy atom. The number of benzene rings is 3. The molecule has 1 N–H and O–H groups in total. The molecule has 152 valence electrons. The maximum Gasteiger partial charge on any atom is 0.281 e. The lowest BCUT2D eigenvalue weighted by atomic mass is 10.0. The lowest BCUT2D eigenvalue weighted by Gasteiger charge is -2.14. The first kappa shape index (κ1) is 19.7. The summed E-state index contributed by atoms with van der Waals surface area (Å²) >= 11 is 5.42. The Morgan fingerprint density at radius 3 is 2.23 bits per heavy atom. The Kier molecular flexibility index (Phi) is 5.29. The topological polar surface area (TPSA) is 60.0 Å². The zero-order valence-corrected chi connectivity index (χ0v) is 17.6. The van der Waals surface area contributed by atoms with E-state index in [1.807, 2.05) is 30.3 Å². The maximum absolute atomic E-state index is 13.1. The Bertz CT molecular complexity index is 1170. The largest absolute Gasteiger partial charge is 0.497 e. The summed E-state index contributed by atoms with van der Waals surface area (Å²) in [7, 11) is 4.81. The summed E-state index contributed by atoms with van der Waals surface area (Å²) in [4.78, 5) is 14.6. The van der Waals surface area contributed by atoms with Crippen molar-refractivity contribution in [2.24, 2.45) is 0 Å². The minimum Gasteiger partial charge on any atom is -0.497 e. The second-order valence-corrected chi connectivity index (χ2v) is 6.98. The molecule has 3 aromatic carbocycles. The van der Waals surface area contributed by atoms with Gasteiger partial charge in [0.05, 0.1) is 27.0 Å². The molecule has 6 nitrogen and oxygen atoms in total. The highest BCUT2D eigenvalue weighted by Gasteiger charge is 2.32. The number of nitrogens with zero attached hydrogens (tertiary/aromatic N) is 1. The van der Waals surface area contributed by atoms with Gasteiger partial charge in [-0.3, -0.25) is 9.69 Å². The highest BCUT2D eigenvalue weighted by Crippen LogP contribution is 2.33. The first-order valence-corrected chi connectivity index (χ1v) is 9.62. The number of rotatable bonds is 5. The Hall–Kier alpha value is -3.58. The van der Waals surface area contributed by atoms with E-state index in [9.17, 15) is 4.79 Å². The molecule has 0 saturated carbocycles. The number of carbonyl (C=O) groups excluding carboxylic acids is 1. The summed E-state index contributed by atoms with van der Waals surface area (Å²) in [6.45, 7) is 0. The van der Waals surface area contributed by atoms with Crippen LogP contribution in [0.1, 0.15) is 5.56 Å². The number of hydrogen-bond donors (Lipinski definition) is 1. The van der Waals surface area contributed by atoms with Gasteiger partial charge in [0.1, 0.15) is 22.9 Å².